The van der Waals surface area contributed by atoms with Gasteiger partial charge in [0, 0.05) is 12.5 Å². The fourth-order valence-electron chi connectivity index (χ4n) is 2.13. The van der Waals surface area contributed by atoms with Crippen molar-refractivity contribution >= 4 is 11.8 Å². The minimum atomic E-state index is -0.0206. The van der Waals surface area contributed by atoms with E-state index in [2.05, 4.69) is 30.8 Å². The third-order valence-corrected chi connectivity index (χ3v) is 2.92. The monoisotopic (exact) mass is 344 g/mol. The van der Waals surface area contributed by atoms with Gasteiger partial charge in [-0.1, -0.05) is 42.0 Å². The van der Waals surface area contributed by atoms with Crippen molar-refractivity contribution in [2.75, 3.05) is 33.0 Å². The Balaban J connectivity index is 0. The van der Waals surface area contributed by atoms with Crippen molar-refractivity contribution in [3.8, 4) is 0 Å². The molecule has 2 rings (SSSR count). The van der Waals surface area contributed by atoms with Gasteiger partial charge in [0.05, 0.1) is 19.8 Å². The molecular formula is C19H40N2O3. The Kier molecular flexibility index (Phi) is 16.2. The predicted molar refractivity (Wildman–Crippen MR) is 104 cm³/mol. The van der Waals surface area contributed by atoms with Crippen LogP contribution in [0.3, 0.4) is 0 Å². The van der Waals surface area contributed by atoms with Crippen molar-refractivity contribution in [3.05, 3.63) is 0 Å². The van der Waals surface area contributed by atoms with Crippen LogP contribution in [0, 0.1) is 11.8 Å². The van der Waals surface area contributed by atoms with Crippen LogP contribution >= 0.6 is 0 Å². The van der Waals surface area contributed by atoms with Gasteiger partial charge >= 0.3 is 0 Å². The van der Waals surface area contributed by atoms with Crippen molar-refractivity contribution in [1.82, 2.24) is 0 Å². The molecule has 0 aromatic rings. The van der Waals surface area contributed by atoms with Crippen LogP contribution in [0.5, 0.6) is 0 Å². The Bertz CT molecular complexity index is 346. The molecule has 1 unspecified atom stereocenters. The molecule has 1 saturated heterocycles. The Morgan fingerprint density at radius 2 is 1.71 bits per heavy atom. The summed E-state index contributed by atoms with van der Waals surface area (Å²) >= 11 is 0. The largest absolute Gasteiger partial charge is 0.480 e. The van der Waals surface area contributed by atoms with Gasteiger partial charge in [-0.15, -0.1) is 0 Å². The van der Waals surface area contributed by atoms with Gasteiger partial charge < -0.3 is 14.2 Å². The number of hydrogen-bond acceptors (Lipinski definition) is 5. The SMILES string of the molecule is C.CC.CC(C)C.CCOC1=N[C@@H](C2CCOC2)C(OCC)=NC1. The topological polar surface area (TPSA) is 52.4 Å². The van der Waals surface area contributed by atoms with E-state index in [0.717, 1.165) is 31.5 Å². The van der Waals surface area contributed by atoms with Crippen molar-refractivity contribution in [2.24, 2.45) is 21.8 Å². The number of ether oxygens (including phenoxy) is 3. The zero-order chi connectivity index (χ0) is 17.7. The predicted octanol–water partition coefficient (Wildman–Crippen LogP) is 4.60. The first-order valence-electron chi connectivity index (χ1n) is 9.02. The first-order valence-corrected chi connectivity index (χ1v) is 9.02. The van der Waals surface area contributed by atoms with Crippen molar-refractivity contribution < 1.29 is 14.2 Å². The number of aliphatic imine (C=N–C) groups is 2. The molecule has 0 aromatic heterocycles. The minimum absolute atomic E-state index is 0. The van der Waals surface area contributed by atoms with Gasteiger partial charge in [0.2, 0.25) is 11.8 Å². The average molecular weight is 345 g/mol. The molecular weight excluding hydrogens is 304 g/mol. The lowest BCUT2D eigenvalue weighted by molar-refractivity contribution is 0.181. The summed E-state index contributed by atoms with van der Waals surface area (Å²) in [6.45, 7) is 17.7. The van der Waals surface area contributed by atoms with Crippen LogP contribution in [0.4, 0.5) is 0 Å². The van der Waals surface area contributed by atoms with E-state index >= 15 is 0 Å². The highest BCUT2D eigenvalue weighted by Crippen LogP contribution is 2.23. The summed E-state index contributed by atoms with van der Waals surface area (Å²) in [6.07, 6.45) is 1.01. The van der Waals surface area contributed by atoms with E-state index in [0.29, 0.717) is 31.6 Å². The second-order valence-electron chi connectivity index (χ2n) is 5.84. The standard InChI is InChI=1S/C12H20N2O3.C4H10.C2H6.CH4/c1-3-16-10-7-13-12(17-4-2)11(14-10)9-5-6-15-8-9;1-4(2)3;1-2;/h9,11H,3-8H2,1-2H3;4H,1-3H3;1-2H3;1H4/t9?,11-;;;/m0.../s1. The van der Waals surface area contributed by atoms with Gasteiger partial charge in [0.15, 0.2) is 0 Å². The molecule has 1 fully saturated rings. The first-order chi connectivity index (χ1) is 11.1. The van der Waals surface area contributed by atoms with Crippen LogP contribution in [0.25, 0.3) is 0 Å². The smallest absolute Gasteiger partial charge is 0.209 e. The molecule has 0 aromatic carbocycles. The van der Waals surface area contributed by atoms with Crippen molar-refractivity contribution in [3.63, 3.8) is 0 Å². The zero-order valence-electron chi connectivity index (χ0n) is 16.1. The minimum Gasteiger partial charge on any atom is -0.480 e. The van der Waals surface area contributed by atoms with Gasteiger partial charge in [-0.05, 0) is 26.2 Å². The van der Waals surface area contributed by atoms with Crippen LogP contribution in [0.1, 0.15) is 62.3 Å². The number of rotatable bonds is 3. The molecule has 2 heterocycles. The summed E-state index contributed by atoms with van der Waals surface area (Å²) in [7, 11) is 0. The zero-order valence-corrected chi connectivity index (χ0v) is 16.1. The lowest BCUT2D eigenvalue weighted by Gasteiger charge is -2.24. The fourth-order valence-corrected chi connectivity index (χ4v) is 2.13. The maximum atomic E-state index is 5.57. The average Bonchev–Trinajstić information content (AvgIpc) is 3.05. The maximum Gasteiger partial charge on any atom is 0.209 e. The van der Waals surface area contributed by atoms with Crippen LogP contribution in [-0.2, 0) is 14.2 Å². The molecule has 2 aliphatic heterocycles. The highest BCUT2D eigenvalue weighted by atomic mass is 16.5. The first kappa shape index (κ1) is 25.1. The van der Waals surface area contributed by atoms with E-state index in [4.69, 9.17) is 14.2 Å². The normalized spacial score (nSPS) is 22.0. The molecule has 0 bridgehead atoms. The van der Waals surface area contributed by atoms with Gasteiger partial charge in [-0.2, -0.15) is 0 Å². The lowest BCUT2D eigenvalue weighted by atomic mass is 9.99. The molecule has 0 spiro atoms. The van der Waals surface area contributed by atoms with Gasteiger partial charge in [-0.25, -0.2) is 9.98 Å². The van der Waals surface area contributed by atoms with E-state index in [1.807, 2.05) is 27.7 Å². The summed E-state index contributed by atoms with van der Waals surface area (Å²) in [5.41, 5.74) is 0. The quantitative estimate of drug-likeness (QED) is 0.752. The molecule has 0 aliphatic carbocycles. The van der Waals surface area contributed by atoms with Gasteiger partial charge in [0.25, 0.3) is 0 Å². The summed E-state index contributed by atoms with van der Waals surface area (Å²) < 4.78 is 16.4. The Morgan fingerprint density at radius 3 is 2.17 bits per heavy atom. The number of nitrogens with zero attached hydrogens (tertiary/aromatic N) is 2. The molecule has 5 nitrogen and oxygen atoms in total. The van der Waals surface area contributed by atoms with E-state index in [1.165, 1.54) is 0 Å². The van der Waals surface area contributed by atoms with E-state index < -0.39 is 0 Å². The molecule has 5 heteroatoms. The third kappa shape index (κ3) is 9.91. The Morgan fingerprint density at radius 1 is 1.12 bits per heavy atom. The summed E-state index contributed by atoms with van der Waals surface area (Å²) in [4.78, 5) is 9.04. The molecule has 0 N–H and O–H groups in total. The van der Waals surface area contributed by atoms with Crippen LogP contribution in [0.2, 0.25) is 0 Å². The van der Waals surface area contributed by atoms with Crippen molar-refractivity contribution in [2.45, 2.75) is 68.4 Å². The molecule has 24 heavy (non-hydrogen) atoms. The molecule has 144 valence electrons. The number of hydrogen-bond donors (Lipinski definition) is 0. The molecule has 2 atom stereocenters. The third-order valence-electron chi connectivity index (χ3n) is 2.92. The maximum absolute atomic E-state index is 5.57. The van der Waals surface area contributed by atoms with Crippen LogP contribution < -0.4 is 0 Å². The molecule has 0 saturated carbocycles. The van der Waals surface area contributed by atoms with E-state index in [1.54, 1.807) is 0 Å². The summed E-state index contributed by atoms with van der Waals surface area (Å²) in [6, 6.07) is -0.0206. The van der Waals surface area contributed by atoms with Crippen LogP contribution in [0.15, 0.2) is 9.98 Å². The van der Waals surface area contributed by atoms with E-state index in [-0.39, 0.29) is 13.5 Å². The van der Waals surface area contributed by atoms with Crippen molar-refractivity contribution in [1.29, 1.82) is 0 Å². The second-order valence-corrected chi connectivity index (χ2v) is 5.84. The molecule has 2 aliphatic rings. The van der Waals surface area contributed by atoms with Gasteiger partial charge in [0.1, 0.15) is 12.6 Å². The highest BCUT2D eigenvalue weighted by Gasteiger charge is 2.33. The molecule has 0 amide bonds. The summed E-state index contributed by atoms with van der Waals surface area (Å²) in [5.74, 6) is 2.66. The summed E-state index contributed by atoms with van der Waals surface area (Å²) in [5, 5.41) is 0. The van der Waals surface area contributed by atoms with Crippen LogP contribution in [-0.4, -0.2) is 50.8 Å². The lowest BCUT2D eigenvalue weighted by Crippen LogP contribution is -2.36. The fraction of sp³-hybridized carbons (Fsp3) is 0.895. The second kappa shape index (κ2) is 15.4. The highest BCUT2D eigenvalue weighted by molar-refractivity contribution is 5.92. The Hall–Kier alpha value is -1.10. The van der Waals surface area contributed by atoms with Gasteiger partial charge in [-0.3, -0.25) is 0 Å². The Labute approximate surface area is 149 Å². The van der Waals surface area contributed by atoms with E-state index in [9.17, 15) is 0 Å². The molecule has 0 radical (unpaired) electrons.